The first-order valence-electron chi connectivity index (χ1n) is 15.7. The van der Waals surface area contributed by atoms with Gasteiger partial charge in [0.2, 0.25) is 5.91 Å². The van der Waals surface area contributed by atoms with E-state index >= 15 is 0 Å². The number of carbonyl (C=O) groups is 1. The highest BCUT2D eigenvalue weighted by atomic mass is 32.1. The zero-order chi connectivity index (χ0) is 31.5. The van der Waals surface area contributed by atoms with Crippen LogP contribution in [0, 0.1) is 13.8 Å². The molecule has 8 heteroatoms. The van der Waals surface area contributed by atoms with Crippen LogP contribution in [0.2, 0.25) is 0 Å². The number of nitrogens with one attached hydrogen (secondary N) is 2. The van der Waals surface area contributed by atoms with Gasteiger partial charge in [0.15, 0.2) is 5.11 Å². The molecular formula is C37H40N6OS. The summed E-state index contributed by atoms with van der Waals surface area (Å²) in [6, 6.07) is 30.8. The number of thiocarbonyl (C=S) groups is 1. The van der Waals surface area contributed by atoms with Gasteiger partial charge in [-0.3, -0.25) is 9.78 Å². The smallest absolute Gasteiger partial charge is 0.226 e. The molecule has 2 aromatic heterocycles. The van der Waals surface area contributed by atoms with Crippen LogP contribution in [0.15, 0.2) is 97.2 Å². The molecule has 1 saturated heterocycles. The first-order chi connectivity index (χ1) is 21.9. The van der Waals surface area contributed by atoms with E-state index in [0.717, 1.165) is 57.9 Å². The van der Waals surface area contributed by atoms with Gasteiger partial charge < -0.3 is 25.0 Å². The third-order valence-corrected chi connectivity index (χ3v) is 9.22. The van der Waals surface area contributed by atoms with Gasteiger partial charge in [0.1, 0.15) is 0 Å². The van der Waals surface area contributed by atoms with Crippen molar-refractivity contribution >= 4 is 45.4 Å². The second-order valence-electron chi connectivity index (χ2n) is 11.5. The van der Waals surface area contributed by atoms with Crippen LogP contribution < -0.4 is 15.5 Å². The van der Waals surface area contributed by atoms with E-state index in [4.69, 9.17) is 17.2 Å². The number of rotatable bonds is 10. The van der Waals surface area contributed by atoms with Crippen molar-refractivity contribution in [2.45, 2.75) is 46.2 Å². The number of aromatic nitrogens is 2. The van der Waals surface area contributed by atoms with E-state index in [0.29, 0.717) is 18.1 Å². The van der Waals surface area contributed by atoms with Gasteiger partial charge in [-0.05, 0) is 99.4 Å². The van der Waals surface area contributed by atoms with Crippen LogP contribution in [0.25, 0.3) is 16.5 Å². The Morgan fingerprint density at radius 2 is 1.69 bits per heavy atom. The van der Waals surface area contributed by atoms with Crippen molar-refractivity contribution in [3.05, 3.63) is 120 Å². The Hall–Kier alpha value is -4.69. The maximum absolute atomic E-state index is 13.3. The van der Waals surface area contributed by atoms with Crippen molar-refractivity contribution in [1.82, 2.24) is 19.8 Å². The molecule has 5 aromatic rings. The Bertz CT molecular complexity index is 1810. The number of fused-ring (bicyclic) bond motifs is 1. The number of aryl methyl sites for hydroxylation is 1. The van der Waals surface area contributed by atoms with Crippen molar-refractivity contribution in [1.29, 1.82) is 0 Å². The zero-order valence-electron chi connectivity index (χ0n) is 26.3. The number of anilines is 2. The zero-order valence-corrected chi connectivity index (χ0v) is 27.1. The lowest BCUT2D eigenvalue weighted by molar-refractivity contribution is -0.116. The molecule has 3 heterocycles. The third kappa shape index (κ3) is 6.02. The molecule has 3 aromatic carbocycles. The Kier molecular flexibility index (Phi) is 8.85. The molecule has 1 amide bonds. The lowest BCUT2D eigenvalue weighted by Gasteiger charge is -2.28. The van der Waals surface area contributed by atoms with E-state index in [1.807, 2.05) is 54.7 Å². The molecule has 7 nitrogen and oxygen atoms in total. The molecule has 45 heavy (non-hydrogen) atoms. The monoisotopic (exact) mass is 616 g/mol. The molecule has 6 rings (SSSR count). The predicted molar refractivity (Wildman–Crippen MR) is 188 cm³/mol. The van der Waals surface area contributed by atoms with Crippen LogP contribution in [0.1, 0.15) is 55.0 Å². The van der Waals surface area contributed by atoms with Gasteiger partial charge in [-0.25, -0.2) is 0 Å². The molecule has 0 spiro atoms. The number of benzene rings is 3. The molecule has 0 unspecified atom stereocenters. The summed E-state index contributed by atoms with van der Waals surface area (Å²) in [5, 5.41) is 9.43. The van der Waals surface area contributed by atoms with E-state index in [-0.39, 0.29) is 18.0 Å². The normalized spacial score (nSPS) is 16.2. The fourth-order valence-corrected chi connectivity index (χ4v) is 6.97. The molecule has 0 bridgehead atoms. The second kappa shape index (κ2) is 13.1. The summed E-state index contributed by atoms with van der Waals surface area (Å²) in [6.45, 7) is 11.1. The first-order valence-corrected chi connectivity index (χ1v) is 16.1. The van der Waals surface area contributed by atoms with Gasteiger partial charge in [0.05, 0.1) is 17.8 Å². The van der Waals surface area contributed by atoms with Crippen LogP contribution in [0.5, 0.6) is 0 Å². The molecule has 0 aliphatic carbocycles. The number of carbonyl (C=O) groups excluding carboxylic acids is 1. The van der Waals surface area contributed by atoms with Crippen molar-refractivity contribution in [2.75, 3.05) is 29.9 Å². The highest BCUT2D eigenvalue weighted by Crippen LogP contribution is 2.41. The van der Waals surface area contributed by atoms with Gasteiger partial charge in [-0.1, -0.05) is 42.5 Å². The molecule has 1 aliphatic heterocycles. The van der Waals surface area contributed by atoms with Crippen molar-refractivity contribution < 1.29 is 4.79 Å². The molecule has 1 aliphatic rings. The average molecular weight is 617 g/mol. The van der Waals surface area contributed by atoms with Crippen molar-refractivity contribution in [3.63, 3.8) is 0 Å². The SMILES string of the molecule is CCN(CC)c1ccc(-n2c(C)cc([C@@H]3[C@@H](c4ccccn4)NC(=S)N3CCC(=O)Nc3cccc4ccccc34)c2C)cc1. The summed E-state index contributed by atoms with van der Waals surface area (Å²) in [5.41, 5.74) is 7.53. The van der Waals surface area contributed by atoms with E-state index in [1.165, 1.54) is 5.69 Å². The maximum atomic E-state index is 13.3. The summed E-state index contributed by atoms with van der Waals surface area (Å²) in [5.74, 6) is -0.0482. The van der Waals surface area contributed by atoms with Crippen LogP contribution in [-0.4, -0.2) is 45.1 Å². The van der Waals surface area contributed by atoms with E-state index in [2.05, 4.69) is 95.2 Å². The maximum Gasteiger partial charge on any atom is 0.226 e. The van der Waals surface area contributed by atoms with Gasteiger partial charge >= 0.3 is 0 Å². The van der Waals surface area contributed by atoms with Gasteiger partial charge in [0, 0.05) is 66.1 Å². The Morgan fingerprint density at radius 1 is 0.956 bits per heavy atom. The lowest BCUT2D eigenvalue weighted by Crippen LogP contribution is -2.33. The van der Waals surface area contributed by atoms with Crippen molar-refractivity contribution in [2.24, 2.45) is 0 Å². The topological polar surface area (TPSA) is 65.4 Å². The first kappa shape index (κ1) is 30.3. The van der Waals surface area contributed by atoms with Gasteiger partial charge in [-0.2, -0.15) is 0 Å². The highest BCUT2D eigenvalue weighted by molar-refractivity contribution is 7.80. The summed E-state index contributed by atoms with van der Waals surface area (Å²) in [4.78, 5) is 22.5. The molecule has 0 radical (unpaired) electrons. The van der Waals surface area contributed by atoms with Gasteiger partial charge in [-0.15, -0.1) is 0 Å². The summed E-state index contributed by atoms with van der Waals surface area (Å²) >= 11 is 5.92. The van der Waals surface area contributed by atoms with Gasteiger partial charge in [0.25, 0.3) is 0 Å². The quantitative estimate of drug-likeness (QED) is 0.159. The molecular weight excluding hydrogens is 577 g/mol. The fourth-order valence-electron chi connectivity index (χ4n) is 6.64. The number of amides is 1. The molecule has 2 N–H and O–H groups in total. The molecule has 230 valence electrons. The van der Waals surface area contributed by atoms with E-state index in [1.54, 1.807) is 0 Å². The lowest BCUT2D eigenvalue weighted by atomic mass is 9.96. The minimum absolute atomic E-state index is 0.0482. The van der Waals surface area contributed by atoms with Crippen LogP contribution in [-0.2, 0) is 4.79 Å². The third-order valence-electron chi connectivity index (χ3n) is 8.87. The predicted octanol–water partition coefficient (Wildman–Crippen LogP) is 7.49. The summed E-state index contributed by atoms with van der Waals surface area (Å²) in [6.07, 6.45) is 2.11. The largest absolute Gasteiger partial charge is 0.372 e. The van der Waals surface area contributed by atoms with Crippen LogP contribution in [0.3, 0.4) is 0 Å². The standard InChI is InChI=1S/C37H40N6OS/c1-5-41(6-2)28-17-19-29(20-18-28)43-25(3)24-31(26(43)4)36-35(33-15-9-10-22-38-33)40-37(45)42(36)23-21-34(44)39-32-16-11-13-27-12-7-8-14-30(27)32/h7-20,22,24,35-36H,5-6,21,23H2,1-4H3,(H,39,44)(H,40,45)/t35-,36-/m1/s1. The van der Waals surface area contributed by atoms with Crippen LogP contribution >= 0.6 is 12.2 Å². The Balaban J connectivity index is 1.30. The highest BCUT2D eigenvalue weighted by Gasteiger charge is 2.41. The number of hydrogen-bond donors (Lipinski definition) is 2. The Labute approximate surface area is 270 Å². The minimum Gasteiger partial charge on any atom is -0.372 e. The molecule has 1 fully saturated rings. The average Bonchev–Trinajstić information content (AvgIpc) is 3.55. The Morgan fingerprint density at radius 3 is 2.42 bits per heavy atom. The fraction of sp³-hybridized carbons (Fsp3) is 0.270. The molecule has 0 saturated carbocycles. The van der Waals surface area contributed by atoms with Crippen LogP contribution in [0.4, 0.5) is 11.4 Å². The summed E-state index contributed by atoms with van der Waals surface area (Å²) < 4.78 is 2.31. The molecule has 2 atom stereocenters. The van der Waals surface area contributed by atoms with Crippen molar-refractivity contribution in [3.8, 4) is 5.69 Å². The number of hydrogen-bond acceptors (Lipinski definition) is 4. The minimum atomic E-state index is -0.154. The van der Waals surface area contributed by atoms with E-state index < -0.39 is 0 Å². The number of pyridine rings is 1. The van der Waals surface area contributed by atoms with E-state index in [9.17, 15) is 4.79 Å². The second-order valence-corrected chi connectivity index (χ2v) is 11.9. The summed E-state index contributed by atoms with van der Waals surface area (Å²) in [7, 11) is 0. The number of nitrogens with zero attached hydrogens (tertiary/aromatic N) is 4.